The molecule has 0 bridgehead atoms. The highest BCUT2D eigenvalue weighted by Gasteiger charge is 2.07. The van der Waals surface area contributed by atoms with Crippen molar-refractivity contribution >= 4 is 35.1 Å². The maximum absolute atomic E-state index is 10.4. The van der Waals surface area contributed by atoms with Crippen LogP contribution in [0.3, 0.4) is 0 Å². The lowest BCUT2D eigenvalue weighted by Gasteiger charge is -2.22. The molecule has 1 aromatic rings. The van der Waals surface area contributed by atoms with Gasteiger partial charge in [-0.15, -0.1) is 0 Å². The molecule has 4 nitrogen and oxygen atoms in total. The Morgan fingerprint density at radius 2 is 2.05 bits per heavy atom. The Hall–Kier alpha value is -1.88. The molecule has 19 heavy (non-hydrogen) atoms. The van der Waals surface area contributed by atoms with Crippen LogP contribution in [0.25, 0.3) is 6.08 Å². The van der Waals surface area contributed by atoms with E-state index in [0.29, 0.717) is 5.11 Å². The number of hydrogen-bond acceptors (Lipinski definition) is 2. The zero-order valence-corrected chi connectivity index (χ0v) is 11.7. The number of carbonyl (C=O) groups is 1. The molecule has 3 N–H and O–H groups in total. The summed E-state index contributed by atoms with van der Waals surface area (Å²) in [7, 11) is 0. The summed E-state index contributed by atoms with van der Waals surface area (Å²) in [6, 6.07) is 7.67. The van der Waals surface area contributed by atoms with Gasteiger partial charge < -0.3 is 15.7 Å². The van der Waals surface area contributed by atoms with E-state index >= 15 is 0 Å². The molecule has 1 rings (SSSR count). The van der Waals surface area contributed by atoms with Crippen LogP contribution in [0.5, 0.6) is 0 Å². The predicted octanol–water partition coefficient (Wildman–Crippen LogP) is 2.63. The van der Waals surface area contributed by atoms with E-state index in [9.17, 15) is 4.79 Å². The summed E-state index contributed by atoms with van der Waals surface area (Å²) in [6.07, 6.45) is 4.38. The molecule has 0 fully saturated rings. The Bertz CT molecular complexity index is 469. The second-order valence-corrected chi connectivity index (χ2v) is 4.50. The maximum atomic E-state index is 10.4. The molecule has 0 amide bonds. The van der Waals surface area contributed by atoms with Gasteiger partial charge in [0.15, 0.2) is 5.11 Å². The summed E-state index contributed by atoms with van der Waals surface area (Å²) in [5.74, 6) is -0.838. The second kappa shape index (κ2) is 7.53. The lowest BCUT2D eigenvalue weighted by molar-refractivity contribution is -0.135. The van der Waals surface area contributed by atoms with Crippen LogP contribution in [-0.4, -0.2) is 22.7 Å². The highest BCUT2D eigenvalue weighted by atomic mass is 32.1. The van der Waals surface area contributed by atoms with Gasteiger partial charge in [-0.2, -0.15) is 0 Å². The van der Waals surface area contributed by atoms with Gasteiger partial charge in [0, 0.05) is 12.2 Å². The fourth-order valence-corrected chi connectivity index (χ4v) is 1.85. The Balaban J connectivity index is 2.77. The topological polar surface area (TPSA) is 66.6 Å². The molecule has 0 heterocycles. The van der Waals surface area contributed by atoms with Crippen LogP contribution in [-0.2, 0) is 4.79 Å². The van der Waals surface area contributed by atoms with Crippen LogP contribution < -0.4 is 10.6 Å². The first-order valence-electron chi connectivity index (χ1n) is 6.10. The molecule has 5 heteroatoms. The smallest absolute Gasteiger partial charge is 0.307 e. The molecule has 0 aliphatic carbocycles. The molecular weight excluding hydrogens is 260 g/mol. The van der Waals surface area contributed by atoms with Crippen molar-refractivity contribution < 1.29 is 9.90 Å². The lowest BCUT2D eigenvalue weighted by Crippen LogP contribution is -2.36. The molecule has 0 atom stereocenters. The predicted molar refractivity (Wildman–Crippen MR) is 82.2 cm³/mol. The van der Waals surface area contributed by atoms with Gasteiger partial charge in [0.1, 0.15) is 0 Å². The SMILES string of the molecule is CCCN(C(N)=S)c1ccc(C=CCC(=O)O)cc1. The monoisotopic (exact) mass is 278 g/mol. The van der Waals surface area contributed by atoms with Crippen LogP contribution in [0.15, 0.2) is 30.3 Å². The van der Waals surface area contributed by atoms with Gasteiger partial charge in [-0.05, 0) is 36.3 Å². The Morgan fingerprint density at radius 1 is 1.42 bits per heavy atom. The number of anilines is 1. The van der Waals surface area contributed by atoms with Crippen molar-refractivity contribution in [2.45, 2.75) is 19.8 Å². The van der Waals surface area contributed by atoms with Crippen LogP contribution >= 0.6 is 12.2 Å². The average Bonchev–Trinajstić information content (AvgIpc) is 2.36. The van der Waals surface area contributed by atoms with Gasteiger partial charge in [0.2, 0.25) is 0 Å². The number of hydrogen-bond donors (Lipinski definition) is 2. The Labute approximate surface area is 118 Å². The van der Waals surface area contributed by atoms with Crippen molar-refractivity contribution in [3.8, 4) is 0 Å². The molecule has 0 unspecified atom stereocenters. The molecule has 0 saturated carbocycles. The van der Waals surface area contributed by atoms with Crippen molar-refractivity contribution in [3.05, 3.63) is 35.9 Å². The third-order valence-electron chi connectivity index (χ3n) is 2.52. The van der Waals surface area contributed by atoms with E-state index in [2.05, 4.69) is 6.92 Å². The van der Waals surface area contributed by atoms with Crippen LogP contribution in [0.1, 0.15) is 25.3 Å². The van der Waals surface area contributed by atoms with Crippen molar-refractivity contribution in [1.29, 1.82) is 0 Å². The highest BCUT2D eigenvalue weighted by Crippen LogP contribution is 2.16. The number of carboxylic acid groups (broad SMARTS) is 1. The first kappa shape index (κ1) is 15.2. The Morgan fingerprint density at radius 3 is 2.53 bits per heavy atom. The third kappa shape index (κ3) is 5.09. The van der Waals surface area contributed by atoms with Crippen molar-refractivity contribution in [2.24, 2.45) is 5.73 Å². The third-order valence-corrected chi connectivity index (χ3v) is 2.74. The molecule has 0 aromatic heterocycles. The Kier molecular flexibility index (Phi) is 6.02. The summed E-state index contributed by atoms with van der Waals surface area (Å²) in [5, 5.41) is 8.90. The molecule has 1 aromatic carbocycles. The average molecular weight is 278 g/mol. The normalized spacial score (nSPS) is 10.6. The molecule has 0 radical (unpaired) electrons. The second-order valence-electron chi connectivity index (χ2n) is 4.08. The maximum Gasteiger partial charge on any atom is 0.307 e. The van der Waals surface area contributed by atoms with Crippen LogP contribution in [0.2, 0.25) is 0 Å². The molecule has 0 aliphatic heterocycles. The van der Waals surface area contributed by atoms with E-state index in [0.717, 1.165) is 24.2 Å². The van der Waals surface area contributed by atoms with Crippen LogP contribution in [0.4, 0.5) is 5.69 Å². The van der Waals surface area contributed by atoms with Crippen molar-refractivity contribution in [3.63, 3.8) is 0 Å². The van der Waals surface area contributed by atoms with Gasteiger partial charge in [-0.1, -0.05) is 31.2 Å². The molecule has 0 spiro atoms. The van der Waals surface area contributed by atoms with E-state index < -0.39 is 5.97 Å². The van der Waals surface area contributed by atoms with E-state index in [1.54, 1.807) is 12.2 Å². The quantitative estimate of drug-likeness (QED) is 0.783. The summed E-state index contributed by atoms with van der Waals surface area (Å²) < 4.78 is 0. The first-order valence-corrected chi connectivity index (χ1v) is 6.50. The van der Waals surface area contributed by atoms with Gasteiger partial charge >= 0.3 is 5.97 Å². The number of nitrogens with two attached hydrogens (primary N) is 1. The standard InChI is InChI=1S/C14H18N2O2S/c1-2-10-16(14(15)19)12-8-6-11(7-9-12)4-3-5-13(17)18/h3-4,6-9H,2,5,10H2,1H3,(H2,15,19)(H,17,18). The van der Waals surface area contributed by atoms with Gasteiger partial charge in [0.25, 0.3) is 0 Å². The van der Waals surface area contributed by atoms with Crippen LogP contribution in [0, 0.1) is 0 Å². The molecule has 102 valence electrons. The minimum Gasteiger partial charge on any atom is -0.481 e. The van der Waals surface area contributed by atoms with E-state index in [4.69, 9.17) is 23.1 Å². The van der Waals surface area contributed by atoms with Gasteiger partial charge in [-0.25, -0.2) is 0 Å². The number of carboxylic acids is 1. The molecule has 0 saturated heterocycles. The first-order chi connectivity index (χ1) is 9.04. The summed E-state index contributed by atoms with van der Waals surface area (Å²) in [4.78, 5) is 12.3. The van der Waals surface area contributed by atoms with Crippen molar-refractivity contribution in [2.75, 3.05) is 11.4 Å². The minimum atomic E-state index is -0.838. The zero-order valence-electron chi connectivity index (χ0n) is 10.9. The van der Waals surface area contributed by atoms with Gasteiger partial charge in [-0.3, -0.25) is 4.79 Å². The summed E-state index contributed by atoms with van der Waals surface area (Å²) >= 11 is 5.02. The summed E-state index contributed by atoms with van der Waals surface area (Å²) in [5.41, 5.74) is 7.58. The zero-order chi connectivity index (χ0) is 14.3. The van der Waals surface area contributed by atoms with E-state index in [1.807, 2.05) is 29.2 Å². The lowest BCUT2D eigenvalue weighted by atomic mass is 10.1. The van der Waals surface area contributed by atoms with E-state index in [1.165, 1.54) is 0 Å². The number of aliphatic carboxylic acids is 1. The van der Waals surface area contributed by atoms with Crippen molar-refractivity contribution in [1.82, 2.24) is 0 Å². The van der Waals surface area contributed by atoms with E-state index in [-0.39, 0.29) is 6.42 Å². The number of thiocarbonyl (C=S) groups is 1. The molecule has 0 aliphatic rings. The largest absolute Gasteiger partial charge is 0.481 e. The highest BCUT2D eigenvalue weighted by molar-refractivity contribution is 7.80. The fourth-order valence-electron chi connectivity index (χ4n) is 1.65. The minimum absolute atomic E-state index is 0.0244. The van der Waals surface area contributed by atoms with Gasteiger partial charge in [0.05, 0.1) is 6.42 Å². The summed E-state index contributed by atoms with van der Waals surface area (Å²) in [6.45, 7) is 2.85. The fraction of sp³-hybridized carbons (Fsp3) is 0.286. The number of nitrogens with zero attached hydrogens (tertiary/aromatic N) is 1. The molecular formula is C14H18N2O2S. The number of benzene rings is 1. The number of rotatable bonds is 6.